The topological polar surface area (TPSA) is 70.6 Å². The van der Waals surface area contributed by atoms with E-state index in [-0.39, 0.29) is 30.4 Å². The number of hydrogen-bond donors (Lipinski definition) is 3. The number of β-amino-alcohol motifs (C(OH)–C–C–N with tert-alkyl or cyclic N) is 1. The highest BCUT2D eigenvalue weighted by Gasteiger charge is 2.24. The number of esters is 1. The number of methoxy groups -OCH3 is 1. The van der Waals surface area contributed by atoms with Crippen molar-refractivity contribution in [3.8, 4) is 0 Å². The van der Waals surface area contributed by atoms with Crippen LogP contribution in [0.25, 0.3) is 0 Å². The molecule has 1 aliphatic rings. The van der Waals surface area contributed by atoms with Crippen LogP contribution in [0.2, 0.25) is 5.02 Å². The summed E-state index contributed by atoms with van der Waals surface area (Å²) in [5, 5.41) is 16.7. The molecular weight excluding hydrogens is 315 g/mol. The number of aliphatic hydroxyl groups is 1. The first-order chi connectivity index (χ1) is 9.61. The Kier molecular flexibility index (Phi) is 7.42. The molecule has 1 fully saturated rings. The number of hydrogen-bond acceptors (Lipinski definition) is 5. The zero-order valence-corrected chi connectivity index (χ0v) is 13.3. The summed E-state index contributed by atoms with van der Waals surface area (Å²) in [6, 6.07) is 5.06. The second-order valence-corrected chi connectivity index (χ2v) is 5.32. The molecule has 0 radical (unpaired) electrons. The Morgan fingerprint density at radius 3 is 2.90 bits per heavy atom. The van der Waals surface area contributed by atoms with Crippen molar-refractivity contribution in [1.29, 1.82) is 0 Å². The van der Waals surface area contributed by atoms with Crippen LogP contribution in [0.15, 0.2) is 18.2 Å². The van der Waals surface area contributed by atoms with Crippen molar-refractivity contribution >= 4 is 30.0 Å². The lowest BCUT2D eigenvalue weighted by Crippen LogP contribution is -2.30. The molecule has 2 atom stereocenters. The number of nitrogens with one attached hydrogen (secondary N) is 2. The fourth-order valence-corrected chi connectivity index (χ4v) is 2.46. The van der Waals surface area contributed by atoms with Crippen LogP contribution in [0.1, 0.15) is 15.9 Å². The van der Waals surface area contributed by atoms with Crippen molar-refractivity contribution in [3.63, 3.8) is 0 Å². The number of carbonyl (C=O) groups is 1. The summed E-state index contributed by atoms with van der Waals surface area (Å²) in [6.07, 6.45) is -0.306. The van der Waals surface area contributed by atoms with Gasteiger partial charge in [0, 0.05) is 37.1 Å². The number of carbonyl (C=O) groups excluding carboxylic acids is 1. The van der Waals surface area contributed by atoms with E-state index >= 15 is 0 Å². The molecule has 1 aliphatic heterocycles. The molecule has 118 valence electrons. The van der Waals surface area contributed by atoms with Crippen LogP contribution in [-0.4, -0.2) is 43.9 Å². The summed E-state index contributed by atoms with van der Waals surface area (Å²) in [7, 11) is 1.35. The second-order valence-electron chi connectivity index (χ2n) is 4.91. The Labute approximate surface area is 135 Å². The minimum absolute atomic E-state index is 0. The maximum atomic E-state index is 11.5. The van der Waals surface area contributed by atoms with Gasteiger partial charge in [-0.2, -0.15) is 0 Å². The number of halogens is 2. The predicted octanol–water partition coefficient (Wildman–Crippen LogP) is 1.22. The number of benzene rings is 1. The molecule has 0 saturated carbocycles. The zero-order valence-electron chi connectivity index (χ0n) is 11.8. The first-order valence-corrected chi connectivity index (χ1v) is 6.96. The van der Waals surface area contributed by atoms with Gasteiger partial charge in [0.15, 0.2) is 0 Å². The van der Waals surface area contributed by atoms with Crippen molar-refractivity contribution in [2.24, 2.45) is 5.92 Å². The fraction of sp³-hybridized carbons (Fsp3) is 0.500. The first kappa shape index (κ1) is 18.2. The first-order valence-electron chi connectivity index (χ1n) is 6.58. The van der Waals surface area contributed by atoms with Crippen LogP contribution in [0.5, 0.6) is 0 Å². The predicted molar refractivity (Wildman–Crippen MR) is 84.1 cm³/mol. The Bertz CT molecular complexity index is 485. The molecule has 5 nitrogen and oxygen atoms in total. The molecule has 1 aromatic carbocycles. The number of ether oxygens (including phenoxy) is 1. The fourth-order valence-electron chi connectivity index (χ4n) is 2.27. The molecule has 0 aliphatic carbocycles. The van der Waals surface area contributed by atoms with Gasteiger partial charge in [-0.25, -0.2) is 4.79 Å². The van der Waals surface area contributed by atoms with Crippen molar-refractivity contribution in [2.75, 3.05) is 26.7 Å². The molecule has 0 bridgehead atoms. The van der Waals surface area contributed by atoms with Crippen LogP contribution in [0.4, 0.5) is 0 Å². The maximum Gasteiger partial charge on any atom is 0.337 e. The lowest BCUT2D eigenvalue weighted by atomic mass is 10.1. The molecule has 1 heterocycles. The van der Waals surface area contributed by atoms with Crippen LogP contribution in [0.3, 0.4) is 0 Å². The van der Waals surface area contributed by atoms with Gasteiger partial charge >= 0.3 is 5.97 Å². The average molecular weight is 335 g/mol. The van der Waals surface area contributed by atoms with E-state index in [2.05, 4.69) is 15.4 Å². The molecular formula is C14H20Cl2N2O3. The Morgan fingerprint density at radius 2 is 2.29 bits per heavy atom. The normalized spacial score (nSPS) is 20.9. The van der Waals surface area contributed by atoms with E-state index in [1.54, 1.807) is 18.2 Å². The number of aliphatic hydroxyl groups excluding tert-OH is 1. The standard InChI is InChI=1S/C14H19ClN2O3.ClH/c1-20-14(19)9-2-3-12(15)10(4-9)5-16-6-11-7-17-8-13(11)18;/h2-4,11,13,16-18H,5-8H2,1H3;1H. The third-order valence-corrected chi connectivity index (χ3v) is 3.86. The summed E-state index contributed by atoms with van der Waals surface area (Å²) >= 11 is 6.11. The van der Waals surface area contributed by atoms with Crippen LogP contribution < -0.4 is 10.6 Å². The molecule has 1 aromatic rings. The molecule has 21 heavy (non-hydrogen) atoms. The monoisotopic (exact) mass is 334 g/mol. The minimum Gasteiger partial charge on any atom is -0.465 e. The van der Waals surface area contributed by atoms with Crippen LogP contribution in [0, 0.1) is 5.92 Å². The molecule has 3 N–H and O–H groups in total. The van der Waals surface area contributed by atoms with Gasteiger partial charge in [-0.3, -0.25) is 0 Å². The van der Waals surface area contributed by atoms with Crippen molar-refractivity contribution in [2.45, 2.75) is 12.6 Å². The smallest absolute Gasteiger partial charge is 0.337 e. The Morgan fingerprint density at radius 1 is 1.52 bits per heavy atom. The second kappa shape index (κ2) is 8.56. The van der Waals surface area contributed by atoms with E-state index < -0.39 is 0 Å². The van der Waals surface area contributed by atoms with Crippen LogP contribution >= 0.6 is 24.0 Å². The summed E-state index contributed by atoms with van der Waals surface area (Å²) in [5.74, 6) is -0.170. The average Bonchev–Trinajstić information content (AvgIpc) is 2.85. The zero-order chi connectivity index (χ0) is 14.5. The van der Waals surface area contributed by atoms with E-state index in [4.69, 9.17) is 11.6 Å². The lowest BCUT2D eigenvalue weighted by molar-refractivity contribution is 0.0600. The number of rotatable bonds is 5. The molecule has 2 unspecified atom stereocenters. The summed E-state index contributed by atoms with van der Waals surface area (Å²) in [4.78, 5) is 11.5. The van der Waals surface area contributed by atoms with E-state index in [9.17, 15) is 9.90 Å². The highest BCUT2D eigenvalue weighted by molar-refractivity contribution is 6.31. The maximum absolute atomic E-state index is 11.5. The van der Waals surface area contributed by atoms with Gasteiger partial charge in [0.25, 0.3) is 0 Å². The summed E-state index contributed by atoms with van der Waals surface area (Å²) in [5.41, 5.74) is 1.33. The highest BCUT2D eigenvalue weighted by atomic mass is 35.5. The summed E-state index contributed by atoms with van der Waals surface area (Å²) < 4.78 is 4.69. The molecule has 7 heteroatoms. The van der Waals surface area contributed by atoms with Gasteiger partial charge in [-0.15, -0.1) is 12.4 Å². The minimum atomic E-state index is -0.377. The van der Waals surface area contributed by atoms with Crippen LogP contribution in [-0.2, 0) is 11.3 Å². The Balaban J connectivity index is 0.00000220. The molecule has 2 rings (SSSR count). The quantitative estimate of drug-likeness (QED) is 0.706. The third-order valence-electron chi connectivity index (χ3n) is 3.49. The van der Waals surface area contributed by atoms with E-state index in [1.165, 1.54) is 7.11 Å². The highest BCUT2D eigenvalue weighted by Crippen LogP contribution is 2.18. The van der Waals surface area contributed by atoms with Gasteiger partial charge in [0.05, 0.1) is 18.8 Å². The third kappa shape index (κ3) is 4.83. The molecule has 1 saturated heterocycles. The summed E-state index contributed by atoms with van der Waals surface area (Å²) in [6.45, 7) is 2.70. The molecule has 0 spiro atoms. The van der Waals surface area contributed by atoms with Crippen molar-refractivity contribution in [1.82, 2.24) is 10.6 Å². The van der Waals surface area contributed by atoms with E-state index in [0.717, 1.165) is 12.1 Å². The van der Waals surface area contributed by atoms with Gasteiger partial charge < -0.3 is 20.5 Å². The largest absolute Gasteiger partial charge is 0.465 e. The van der Waals surface area contributed by atoms with E-state index in [1.807, 2.05) is 0 Å². The van der Waals surface area contributed by atoms with Gasteiger partial charge in [0.2, 0.25) is 0 Å². The van der Waals surface area contributed by atoms with Gasteiger partial charge in [0.1, 0.15) is 0 Å². The lowest BCUT2D eigenvalue weighted by Gasteiger charge is -2.14. The van der Waals surface area contributed by atoms with Gasteiger partial charge in [-0.1, -0.05) is 11.6 Å². The van der Waals surface area contributed by atoms with Gasteiger partial charge in [-0.05, 0) is 23.8 Å². The van der Waals surface area contributed by atoms with Crippen molar-refractivity contribution < 1.29 is 14.6 Å². The van der Waals surface area contributed by atoms with Crippen molar-refractivity contribution in [3.05, 3.63) is 34.3 Å². The van der Waals surface area contributed by atoms with E-state index in [0.29, 0.717) is 30.2 Å². The molecule has 0 amide bonds. The SMILES string of the molecule is COC(=O)c1ccc(Cl)c(CNCC2CNCC2O)c1.Cl. The Hall–Kier alpha value is -0.850. The molecule has 0 aromatic heterocycles.